The summed E-state index contributed by atoms with van der Waals surface area (Å²) in [4.78, 5) is 0. The highest BCUT2D eigenvalue weighted by molar-refractivity contribution is 6.25. The van der Waals surface area contributed by atoms with Gasteiger partial charge in [0.2, 0.25) is 0 Å². The van der Waals surface area contributed by atoms with Crippen LogP contribution in [0.15, 0.2) is 279 Å². The summed E-state index contributed by atoms with van der Waals surface area (Å²) >= 11 is 0. The first-order valence-electron chi connectivity index (χ1n) is 25.7. The predicted molar refractivity (Wildman–Crippen MR) is 319 cm³/mol. The Balaban J connectivity index is 0.880. The molecule has 15 aromatic carbocycles. The fourth-order valence-corrected chi connectivity index (χ4v) is 12.3. The lowest BCUT2D eigenvalue weighted by molar-refractivity contribution is 1.63. The van der Waals surface area contributed by atoms with E-state index >= 15 is 0 Å². The maximum Gasteiger partial charge on any atom is -0.00201 e. The Kier molecular flexibility index (Phi) is 9.68. The van der Waals surface area contributed by atoms with E-state index in [1.54, 1.807) is 0 Å². The maximum absolute atomic E-state index is 2.43. The van der Waals surface area contributed by atoms with Gasteiger partial charge in [0.15, 0.2) is 0 Å². The summed E-state index contributed by atoms with van der Waals surface area (Å²) in [6, 6.07) is 104. The van der Waals surface area contributed by atoms with Crippen LogP contribution in [-0.2, 0) is 0 Å². The second-order valence-corrected chi connectivity index (χ2v) is 19.9. The van der Waals surface area contributed by atoms with Crippen LogP contribution in [-0.4, -0.2) is 0 Å². The first-order valence-corrected chi connectivity index (χ1v) is 25.7. The van der Waals surface area contributed by atoms with Crippen molar-refractivity contribution in [3.63, 3.8) is 0 Å². The van der Waals surface area contributed by atoms with E-state index in [4.69, 9.17) is 0 Å². The Labute approximate surface area is 429 Å². The molecule has 0 amide bonds. The molecule has 0 fully saturated rings. The summed E-state index contributed by atoms with van der Waals surface area (Å²) in [7, 11) is 0. The number of hydrogen-bond acceptors (Lipinski definition) is 0. The Hall–Kier alpha value is -9.62. The molecule has 0 N–H and O–H groups in total. The van der Waals surface area contributed by atoms with Gasteiger partial charge in [0.05, 0.1) is 0 Å². The van der Waals surface area contributed by atoms with Crippen molar-refractivity contribution < 1.29 is 0 Å². The summed E-state index contributed by atoms with van der Waals surface area (Å²) in [6.45, 7) is 0. The van der Waals surface area contributed by atoms with Crippen LogP contribution in [0.5, 0.6) is 0 Å². The van der Waals surface area contributed by atoms with Gasteiger partial charge in [-0.2, -0.15) is 0 Å². The molecule has 0 atom stereocenters. The first kappa shape index (κ1) is 42.1. The van der Waals surface area contributed by atoms with E-state index in [0.717, 1.165) is 0 Å². The third kappa shape index (κ3) is 6.77. The molecular weight excluding hydrogens is 889 g/mol. The minimum absolute atomic E-state index is 1.19. The van der Waals surface area contributed by atoms with E-state index < -0.39 is 0 Å². The lowest BCUT2D eigenvalue weighted by atomic mass is 9.83. The van der Waals surface area contributed by atoms with Crippen LogP contribution < -0.4 is 0 Å². The van der Waals surface area contributed by atoms with Crippen molar-refractivity contribution in [2.75, 3.05) is 0 Å². The first-order chi connectivity index (χ1) is 36.7. The molecular formula is C74H46. The SMILES string of the molecule is c1ccc2cc(-c3ccc(-c4c5ccccc5c(-c5cccc6ccc(-c7ccc8cccc(-c9c%10ccccc%10c(-c%10ccc%11ccccc%11c%10)c%10ccccc9%10)c8c7)cc56)c5ccccc45)cc3)ccc2c1. The van der Waals surface area contributed by atoms with Crippen LogP contribution in [0.3, 0.4) is 0 Å². The standard InChI is InChI=1S/C74H46/c1-3-17-53-43-55(39-33-47(53)15-1)49-31-37-52(38-32-49)71-59-21-5-9-25-63(59)73(64-26-10-6-22-60(64)71)67-29-13-19-50-35-40-56(45-69(50)67)57-41-36-51-20-14-30-68(70(51)46-57)74-65-27-11-7-23-61(65)72(62-24-8-12-28-66(62)74)58-42-34-48-16-2-4-18-54(48)44-58/h1-46H. The molecule has 0 aliphatic carbocycles. The van der Waals surface area contributed by atoms with Crippen molar-refractivity contribution in [3.8, 4) is 66.8 Å². The summed E-state index contributed by atoms with van der Waals surface area (Å²) in [5.41, 5.74) is 14.8. The number of hydrogen-bond donors (Lipinski definition) is 0. The van der Waals surface area contributed by atoms with E-state index in [0.29, 0.717) is 0 Å². The van der Waals surface area contributed by atoms with Gasteiger partial charge in [-0.15, -0.1) is 0 Å². The van der Waals surface area contributed by atoms with Gasteiger partial charge < -0.3 is 0 Å². The van der Waals surface area contributed by atoms with E-state index in [-0.39, 0.29) is 0 Å². The fraction of sp³-hybridized carbons (Fsp3) is 0. The highest BCUT2D eigenvalue weighted by atomic mass is 14.2. The summed E-state index contributed by atoms with van der Waals surface area (Å²) in [5.74, 6) is 0. The zero-order valence-corrected chi connectivity index (χ0v) is 40.6. The van der Waals surface area contributed by atoms with Crippen LogP contribution >= 0.6 is 0 Å². The average molecular weight is 935 g/mol. The fourth-order valence-electron chi connectivity index (χ4n) is 12.3. The number of fused-ring (bicyclic) bond motifs is 8. The van der Waals surface area contributed by atoms with Crippen LogP contribution in [0.2, 0.25) is 0 Å². The molecule has 0 heteroatoms. The third-order valence-electron chi connectivity index (χ3n) is 15.8. The van der Waals surface area contributed by atoms with Gasteiger partial charge in [0, 0.05) is 0 Å². The van der Waals surface area contributed by atoms with Gasteiger partial charge in [0.25, 0.3) is 0 Å². The van der Waals surface area contributed by atoms with E-state index in [2.05, 4.69) is 279 Å². The Morgan fingerprint density at radius 1 is 0.135 bits per heavy atom. The molecule has 0 bridgehead atoms. The summed E-state index contributed by atoms with van der Waals surface area (Å²) < 4.78 is 0. The van der Waals surface area contributed by atoms with Crippen LogP contribution in [0.25, 0.3) is 153 Å². The number of rotatable bonds is 6. The van der Waals surface area contributed by atoms with Crippen molar-refractivity contribution in [2.24, 2.45) is 0 Å². The van der Waals surface area contributed by atoms with Crippen LogP contribution in [0.4, 0.5) is 0 Å². The molecule has 0 saturated carbocycles. The van der Waals surface area contributed by atoms with Crippen molar-refractivity contribution in [1.82, 2.24) is 0 Å². The minimum Gasteiger partial charge on any atom is -0.0616 e. The molecule has 0 saturated heterocycles. The van der Waals surface area contributed by atoms with Gasteiger partial charge in [-0.1, -0.05) is 255 Å². The molecule has 342 valence electrons. The van der Waals surface area contributed by atoms with Gasteiger partial charge in [-0.25, -0.2) is 0 Å². The molecule has 0 aliphatic rings. The van der Waals surface area contributed by atoms with Crippen molar-refractivity contribution in [3.05, 3.63) is 279 Å². The quantitative estimate of drug-likeness (QED) is 0.146. The van der Waals surface area contributed by atoms with Crippen molar-refractivity contribution >= 4 is 86.2 Å². The Bertz CT molecular complexity index is 4650. The molecule has 0 spiro atoms. The van der Waals surface area contributed by atoms with E-state index in [1.165, 1.54) is 153 Å². The highest BCUT2D eigenvalue weighted by Gasteiger charge is 2.21. The predicted octanol–water partition coefficient (Wildman–Crippen LogP) is 20.9. The minimum atomic E-state index is 1.19. The van der Waals surface area contributed by atoms with Gasteiger partial charge in [-0.3, -0.25) is 0 Å². The lowest BCUT2D eigenvalue weighted by Crippen LogP contribution is -1.92. The molecule has 15 rings (SSSR count). The lowest BCUT2D eigenvalue weighted by Gasteiger charge is -2.20. The highest BCUT2D eigenvalue weighted by Crippen LogP contribution is 2.48. The normalized spacial score (nSPS) is 11.8. The summed E-state index contributed by atoms with van der Waals surface area (Å²) in [6.07, 6.45) is 0. The topological polar surface area (TPSA) is 0 Å². The molecule has 0 nitrogen and oxygen atoms in total. The molecule has 0 aliphatic heterocycles. The Morgan fingerprint density at radius 3 is 0.851 bits per heavy atom. The van der Waals surface area contributed by atoms with Crippen molar-refractivity contribution in [2.45, 2.75) is 0 Å². The van der Waals surface area contributed by atoms with Crippen LogP contribution in [0.1, 0.15) is 0 Å². The smallest absolute Gasteiger partial charge is 0.00201 e. The zero-order valence-electron chi connectivity index (χ0n) is 40.6. The van der Waals surface area contributed by atoms with Crippen LogP contribution in [0, 0.1) is 0 Å². The monoisotopic (exact) mass is 934 g/mol. The molecule has 15 aromatic rings. The second kappa shape index (κ2) is 17.0. The molecule has 74 heavy (non-hydrogen) atoms. The average Bonchev–Trinajstić information content (AvgIpc) is 3.47. The molecule has 0 radical (unpaired) electrons. The molecule has 0 aromatic heterocycles. The van der Waals surface area contributed by atoms with Gasteiger partial charge >= 0.3 is 0 Å². The molecule has 0 heterocycles. The zero-order chi connectivity index (χ0) is 48.7. The van der Waals surface area contributed by atoms with E-state index in [1.807, 2.05) is 0 Å². The van der Waals surface area contributed by atoms with Crippen molar-refractivity contribution in [1.29, 1.82) is 0 Å². The third-order valence-corrected chi connectivity index (χ3v) is 15.8. The summed E-state index contributed by atoms with van der Waals surface area (Å²) in [5, 5.41) is 20.0. The maximum atomic E-state index is 2.43. The number of benzene rings is 15. The largest absolute Gasteiger partial charge is 0.0616 e. The molecule has 0 unspecified atom stereocenters. The Morgan fingerprint density at radius 2 is 0.419 bits per heavy atom. The van der Waals surface area contributed by atoms with Gasteiger partial charge in [-0.05, 0) is 177 Å². The second-order valence-electron chi connectivity index (χ2n) is 19.9. The van der Waals surface area contributed by atoms with Gasteiger partial charge in [0.1, 0.15) is 0 Å². The van der Waals surface area contributed by atoms with E-state index in [9.17, 15) is 0 Å².